The Morgan fingerprint density at radius 3 is 2.46 bits per heavy atom. The molecular weight excluding hydrogens is 349 g/mol. The summed E-state index contributed by atoms with van der Waals surface area (Å²) in [5.41, 5.74) is 0.916. The van der Waals surface area contributed by atoms with Crippen LogP contribution in [0.25, 0.3) is 0 Å². The highest BCUT2D eigenvalue weighted by Gasteiger charge is 2.15. The molecule has 0 atom stereocenters. The van der Waals surface area contributed by atoms with Crippen LogP contribution in [-0.4, -0.2) is 19.6 Å². The molecule has 0 unspecified atom stereocenters. The van der Waals surface area contributed by atoms with Gasteiger partial charge in [-0.3, -0.25) is 4.79 Å². The molecule has 4 nitrogen and oxygen atoms in total. The molecule has 0 saturated carbocycles. The first-order valence-corrected chi connectivity index (χ1v) is 8.38. The van der Waals surface area contributed by atoms with Crippen molar-refractivity contribution in [2.75, 3.05) is 19.0 Å². The van der Waals surface area contributed by atoms with Crippen LogP contribution in [0.1, 0.15) is 30.1 Å². The molecule has 2 rings (SSSR count). The van der Waals surface area contributed by atoms with E-state index < -0.39 is 0 Å². The molecule has 0 fully saturated rings. The van der Waals surface area contributed by atoms with Crippen molar-refractivity contribution in [3.63, 3.8) is 0 Å². The maximum absolute atomic E-state index is 12.4. The average molecular weight is 368 g/mol. The quantitative estimate of drug-likeness (QED) is 0.663. The summed E-state index contributed by atoms with van der Waals surface area (Å²) in [4.78, 5) is 12.4. The number of para-hydroxylation sites is 2. The van der Waals surface area contributed by atoms with E-state index in [2.05, 4.69) is 12.2 Å². The molecule has 24 heavy (non-hydrogen) atoms. The Hall–Kier alpha value is -1.91. The van der Waals surface area contributed by atoms with Gasteiger partial charge >= 0.3 is 0 Å². The maximum Gasteiger partial charge on any atom is 0.255 e. The van der Waals surface area contributed by atoms with Crippen molar-refractivity contribution in [3.8, 4) is 11.5 Å². The predicted octanol–water partition coefficient (Wildman–Crippen LogP) is 5.43. The highest BCUT2D eigenvalue weighted by molar-refractivity contribution is 6.37. The molecule has 1 amide bonds. The van der Waals surface area contributed by atoms with Crippen LogP contribution in [-0.2, 0) is 0 Å². The van der Waals surface area contributed by atoms with Gasteiger partial charge in [0.2, 0.25) is 0 Å². The first kappa shape index (κ1) is 18.4. The van der Waals surface area contributed by atoms with Crippen molar-refractivity contribution in [2.24, 2.45) is 0 Å². The Morgan fingerprint density at radius 1 is 1.17 bits per heavy atom. The molecule has 6 heteroatoms. The summed E-state index contributed by atoms with van der Waals surface area (Å²) < 4.78 is 10.8. The second-order valence-corrected chi connectivity index (χ2v) is 5.94. The fraction of sp³-hybridized carbons (Fsp3) is 0.278. The van der Waals surface area contributed by atoms with Gasteiger partial charge in [0.1, 0.15) is 5.75 Å². The van der Waals surface area contributed by atoms with E-state index >= 15 is 0 Å². The standard InChI is InChI=1S/C18H19Cl2NO3/c1-3-4-9-24-17-13(19)10-12(11-14(17)20)18(22)21-15-7-5-6-8-16(15)23-2/h5-8,10-11H,3-4,9H2,1-2H3,(H,21,22). The maximum atomic E-state index is 12.4. The summed E-state index contributed by atoms with van der Waals surface area (Å²) in [6.07, 6.45) is 1.91. The molecule has 2 aromatic carbocycles. The van der Waals surface area contributed by atoms with Gasteiger partial charge in [-0.15, -0.1) is 0 Å². The van der Waals surface area contributed by atoms with Crippen LogP contribution in [0.4, 0.5) is 5.69 Å². The molecule has 128 valence electrons. The van der Waals surface area contributed by atoms with Crippen molar-refractivity contribution in [1.82, 2.24) is 0 Å². The zero-order chi connectivity index (χ0) is 17.5. The number of unbranched alkanes of at least 4 members (excludes halogenated alkanes) is 1. The number of hydrogen-bond donors (Lipinski definition) is 1. The monoisotopic (exact) mass is 367 g/mol. The van der Waals surface area contributed by atoms with Gasteiger partial charge in [0, 0.05) is 5.56 Å². The third-order valence-electron chi connectivity index (χ3n) is 3.36. The minimum atomic E-state index is -0.330. The van der Waals surface area contributed by atoms with E-state index in [1.54, 1.807) is 31.4 Å². The van der Waals surface area contributed by atoms with Crippen molar-refractivity contribution in [3.05, 3.63) is 52.0 Å². The number of carbonyl (C=O) groups is 1. The average Bonchev–Trinajstić information content (AvgIpc) is 2.57. The molecule has 0 heterocycles. The Kier molecular flexibility index (Phi) is 6.76. The summed E-state index contributed by atoms with van der Waals surface area (Å²) in [5, 5.41) is 3.40. The molecule has 0 aliphatic heterocycles. The fourth-order valence-electron chi connectivity index (χ4n) is 2.09. The number of amides is 1. The SMILES string of the molecule is CCCCOc1c(Cl)cc(C(=O)Nc2ccccc2OC)cc1Cl. The van der Waals surface area contributed by atoms with Crippen LogP contribution >= 0.6 is 23.2 Å². The fourth-order valence-corrected chi connectivity index (χ4v) is 2.69. The minimum Gasteiger partial charge on any atom is -0.495 e. The number of anilines is 1. The lowest BCUT2D eigenvalue weighted by Crippen LogP contribution is -2.13. The Labute approximate surface area is 151 Å². The van der Waals surface area contributed by atoms with E-state index in [4.69, 9.17) is 32.7 Å². The van der Waals surface area contributed by atoms with Crippen LogP contribution in [0.15, 0.2) is 36.4 Å². The lowest BCUT2D eigenvalue weighted by molar-refractivity contribution is 0.102. The molecule has 0 aliphatic carbocycles. The first-order valence-electron chi connectivity index (χ1n) is 7.63. The van der Waals surface area contributed by atoms with Crippen LogP contribution in [0, 0.1) is 0 Å². The number of halogens is 2. The summed E-state index contributed by atoms with van der Waals surface area (Å²) in [5.74, 6) is 0.645. The lowest BCUT2D eigenvalue weighted by Gasteiger charge is -2.13. The lowest BCUT2D eigenvalue weighted by atomic mass is 10.2. The van der Waals surface area contributed by atoms with Crippen LogP contribution < -0.4 is 14.8 Å². The summed E-state index contributed by atoms with van der Waals surface area (Å²) in [6, 6.07) is 10.2. The van der Waals surface area contributed by atoms with E-state index in [-0.39, 0.29) is 5.91 Å². The Balaban J connectivity index is 2.18. The summed E-state index contributed by atoms with van der Waals surface area (Å²) in [6.45, 7) is 2.60. The number of hydrogen-bond acceptors (Lipinski definition) is 3. The number of benzene rings is 2. The van der Waals surface area contributed by atoms with Crippen LogP contribution in [0.2, 0.25) is 10.0 Å². The van der Waals surface area contributed by atoms with Gasteiger partial charge in [-0.1, -0.05) is 48.7 Å². The molecular formula is C18H19Cl2NO3. The van der Waals surface area contributed by atoms with Gasteiger partial charge in [0.15, 0.2) is 5.75 Å². The molecule has 0 aromatic heterocycles. The zero-order valence-electron chi connectivity index (χ0n) is 13.6. The predicted molar refractivity (Wildman–Crippen MR) is 97.8 cm³/mol. The molecule has 2 aromatic rings. The number of ether oxygens (including phenoxy) is 2. The largest absolute Gasteiger partial charge is 0.495 e. The van der Waals surface area contributed by atoms with Gasteiger partial charge in [-0.2, -0.15) is 0 Å². The normalized spacial score (nSPS) is 10.3. The second kappa shape index (κ2) is 8.81. The number of carbonyl (C=O) groups excluding carboxylic acids is 1. The molecule has 0 bridgehead atoms. The molecule has 0 spiro atoms. The van der Waals surface area contributed by atoms with E-state index in [1.165, 1.54) is 0 Å². The topological polar surface area (TPSA) is 47.6 Å². The molecule has 0 radical (unpaired) electrons. The Morgan fingerprint density at radius 2 is 1.83 bits per heavy atom. The Bertz CT molecular complexity index is 696. The highest BCUT2D eigenvalue weighted by atomic mass is 35.5. The summed E-state index contributed by atoms with van der Waals surface area (Å²) in [7, 11) is 1.54. The van der Waals surface area contributed by atoms with Gasteiger partial charge in [-0.05, 0) is 30.7 Å². The smallest absolute Gasteiger partial charge is 0.255 e. The van der Waals surface area contributed by atoms with Gasteiger partial charge in [0.05, 0.1) is 29.4 Å². The van der Waals surface area contributed by atoms with Gasteiger partial charge in [0.25, 0.3) is 5.91 Å². The summed E-state index contributed by atoms with van der Waals surface area (Å²) >= 11 is 12.4. The minimum absolute atomic E-state index is 0.309. The van der Waals surface area contributed by atoms with E-state index in [9.17, 15) is 4.79 Å². The molecule has 1 N–H and O–H groups in total. The number of methoxy groups -OCH3 is 1. The van der Waals surface area contributed by atoms with E-state index in [0.29, 0.717) is 39.4 Å². The van der Waals surface area contributed by atoms with Crippen molar-refractivity contribution in [2.45, 2.75) is 19.8 Å². The number of nitrogens with one attached hydrogen (secondary N) is 1. The van der Waals surface area contributed by atoms with Crippen molar-refractivity contribution in [1.29, 1.82) is 0 Å². The van der Waals surface area contributed by atoms with Crippen LogP contribution in [0.3, 0.4) is 0 Å². The first-order chi connectivity index (χ1) is 11.6. The van der Waals surface area contributed by atoms with Gasteiger partial charge < -0.3 is 14.8 Å². The van der Waals surface area contributed by atoms with Crippen molar-refractivity contribution < 1.29 is 14.3 Å². The highest BCUT2D eigenvalue weighted by Crippen LogP contribution is 2.35. The second-order valence-electron chi connectivity index (χ2n) is 5.13. The third kappa shape index (κ3) is 4.56. The van der Waals surface area contributed by atoms with Gasteiger partial charge in [-0.25, -0.2) is 0 Å². The molecule has 0 saturated heterocycles. The zero-order valence-corrected chi connectivity index (χ0v) is 15.1. The van der Waals surface area contributed by atoms with E-state index in [0.717, 1.165) is 12.8 Å². The van der Waals surface area contributed by atoms with E-state index in [1.807, 2.05) is 12.1 Å². The van der Waals surface area contributed by atoms with Crippen molar-refractivity contribution >= 4 is 34.8 Å². The number of rotatable bonds is 7. The third-order valence-corrected chi connectivity index (χ3v) is 3.92. The molecule has 0 aliphatic rings. The van der Waals surface area contributed by atoms with Crippen LogP contribution in [0.5, 0.6) is 11.5 Å².